The lowest BCUT2D eigenvalue weighted by Crippen LogP contribution is -2.35. The number of carbonyl (C=O) groups is 1. The predicted octanol–water partition coefficient (Wildman–Crippen LogP) is 4.15. The van der Waals surface area contributed by atoms with Crippen LogP contribution < -0.4 is 9.80 Å². The fourth-order valence-corrected chi connectivity index (χ4v) is 3.69. The molecule has 0 saturated carbocycles. The van der Waals surface area contributed by atoms with Crippen molar-refractivity contribution in [2.75, 3.05) is 22.9 Å². The van der Waals surface area contributed by atoms with Crippen LogP contribution in [0.4, 0.5) is 11.4 Å². The third kappa shape index (κ3) is 3.16. The van der Waals surface area contributed by atoms with E-state index in [1.165, 1.54) is 29.2 Å². The molecule has 1 fully saturated rings. The lowest BCUT2D eigenvalue weighted by atomic mass is 10.1. The fraction of sp³-hybridized carbons (Fsp3) is 0.333. The van der Waals surface area contributed by atoms with Crippen LogP contribution in [0.2, 0.25) is 0 Å². The van der Waals surface area contributed by atoms with Crippen LogP contribution in [-0.4, -0.2) is 25.0 Å². The topological polar surface area (TPSA) is 35.9 Å². The Morgan fingerprint density at radius 1 is 0.800 bits per heavy atom. The van der Waals surface area contributed by atoms with Crippen LogP contribution in [0, 0.1) is 27.7 Å². The largest absolute Gasteiger partial charge is 0.310 e. The van der Waals surface area contributed by atoms with Crippen LogP contribution in [0.1, 0.15) is 29.2 Å². The van der Waals surface area contributed by atoms with Gasteiger partial charge in [0, 0.05) is 31.4 Å². The van der Waals surface area contributed by atoms with Crippen molar-refractivity contribution in [2.24, 2.45) is 4.99 Å². The van der Waals surface area contributed by atoms with Crippen molar-refractivity contribution in [1.29, 1.82) is 0 Å². The highest BCUT2D eigenvalue weighted by atomic mass is 16.1. The molecule has 2 aromatic carbocycles. The van der Waals surface area contributed by atoms with Crippen molar-refractivity contribution < 1.29 is 4.79 Å². The first-order chi connectivity index (χ1) is 11.9. The molecule has 4 heteroatoms. The monoisotopic (exact) mass is 335 g/mol. The number of aliphatic imine (C=N–C) groups is 1. The summed E-state index contributed by atoms with van der Waals surface area (Å²) in [6.45, 7) is 11.6. The van der Waals surface area contributed by atoms with Crippen LogP contribution in [0.3, 0.4) is 0 Å². The number of hydrogen-bond donors (Lipinski definition) is 0. The molecule has 1 aliphatic heterocycles. The van der Waals surface area contributed by atoms with Crippen molar-refractivity contribution >= 4 is 23.2 Å². The van der Waals surface area contributed by atoms with Crippen molar-refractivity contribution in [3.63, 3.8) is 0 Å². The Morgan fingerprint density at radius 3 is 1.48 bits per heavy atom. The highest BCUT2D eigenvalue weighted by Gasteiger charge is 2.32. The summed E-state index contributed by atoms with van der Waals surface area (Å²) in [5.41, 5.74) is 7.07. The molecule has 1 saturated heterocycles. The molecule has 0 bridgehead atoms. The van der Waals surface area contributed by atoms with E-state index in [0.717, 1.165) is 30.4 Å². The summed E-state index contributed by atoms with van der Waals surface area (Å²) in [7, 11) is 0. The maximum atomic E-state index is 11.9. The number of amides is 1. The number of nitrogens with zero attached hydrogens (tertiary/aromatic N) is 3. The fourth-order valence-electron chi connectivity index (χ4n) is 3.69. The molecule has 3 rings (SSSR count). The first-order valence-corrected chi connectivity index (χ1v) is 8.67. The van der Waals surface area contributed by atoms with Gasteiger partial charge in [-0.15, -0.1) is 0 Å². The van der Waals surface area contributed by atoms with E-state index in [-0.39, 0.29) is 5.91 Å². The van der Waals surface area contributed by atoms with E-state index in [4.69, 9.17) is 0 Å². The van der Waals surface area contributed by atoms with Gasteiger partial charge in [-0.05, 0) is 49.9 Å². The predicted molar refractivity (Wildman–Crippen MR) is 105 cm³/mol. The maximum Gasteiger partial charge on any atom is 0.245 e. The van der Waals surface area contributed by atoms with Gasteiger partial charge < -0.3 is 9.80 Å². The standard InChI is InChI=1S/C21H25N3O/c1-14-8-6-9-15(2)19(14)23-12-13-24(21(23)22-18(5)25)20-16(3)10-7-11-17(20)4/h6-11H,12-13H2,1-5H3. The van der Waals surface area contributed by atoms with E-state index in [1.54, 1.807) is 0 Å². The molecular weight excluding hydrogens is 310 g/mol. The molecule has 25 heavy (non-hydrogen) atoms. The summed E-state index contributed by atoms with van der Waals surface area (Å²) in [5.74, 6) is 0.548. The first-order valence-electron chi connectivity index (χ1n) is 8.67. The third-order valence-corrected chi connectivity index (χ3v) is 4.71. The molecule has 0 radical (unpaired) electrons. The van der Waals surface area contributed by atoms with Crippen molar-refractivity contribution in [3.05, 3.63) is 58.7 Å². The van der Waals surface area contributed by atoms with Gasteiger partial charge in [-0.3, -0.25) is 4.79 Å². The average Bonchev–Trinajstić information content (AvgIpc) is 2.90. The van der Waals surface area contributed by atoms with E-state index in [1.807, 2.05) is 0 Å². The van der Waals surface area contributed by atoms with Gasteiger partial charge in [0.1, 0.15) is 0 Å². The Hall–Kier alpha value is -2.62. The van der Waals surface area contributed by atoms with Crippen LogP contribution >= 0.6 is 0 Å². The van der Waals surface area contributed by atoms with E-state index in [0.29, 0.717) is 0 Å². The lowest BCUT2D eigenvalue weighted by molar-refractivity contribution is -0.115. The third-order valence-electron chi connectivity index (χ3n) is 4.71. The zero-order chi connectivity index (χ0) is 18.1. The van der Waals surface area contributed by atoms with Crippen LogP contribution in [0.25, 0.3) is 0 Å². The van der Waals surface area contributed by atoms with E-state index >= 15 is 0 Å². The smallest absolute Gasteiger partial charge is 0.245 e. The molecule has 1 heterocycles. The number of rotatable bonds is 2. The highest BCUT2D eigenvalue weighted by molar-refractivity contribution is 6.14. The minimum absolute atomic E-state index is 0.177. The Morgan fingerprint density at radius 2 is 1.16 bits per heavy atom. The average molecular weight is 335 g/mol. The van der Waals surface area contributed by atoms with Crippen LogP contribution in [0.5, 0.6) is 0 Å². The zero-order valence-corrected chi connectivity index (χ0v) is 15.6. The quantitative estimate of drug-likeness (QED) is 0.827. The molecule has 0 atom stereocenters. The second kappa shape index (κ2) is 6.71. The van der Waals surface area contributed by atoms with E-state index < -0.39 is 0 Å². The molecule has 1 aliphatic rings. The molecular formula is C21H25N3O. The minimum atomic E-state index is -0.177. The number of hydrogen-bond acceptors (Lipinski definition) is 1. The van der Waals surface area contributed by atoms with Gasteiger partial charge >= 0.3 is 0 Å². The SMILES string of the molecule is CC(=O)N=C1N(c2c(C)cccc2C)CCN1c1c(C)cccc1C. The molecule has 0 aliphatic carbocycles. The van der Waals surface area contributed by atoms with E-state index in [9.17, 15) is 4.79 Å². The molecule has 0 spiro atoms. The molecule has 1 amide bonds. The zero-order valence-electron chi connectivity index (χ0n) is 15.6. The molecule has 4 nitrogen and oxygen atoms in total. The van der Waals surface area contributed by atoms with Gasteiger partial charge in [0.15, 0.2) is 0 Å². The first kappa shape index (κ1) is 17.2. The van der Waals surface area contributed by atoms with Crippen molar-refractivity contribution in [2.45, 2.75) is 34.6 Å². The number of para-hydroxylation sites is 2. The number of aryl methyl sites for hydroxylation is 4. The van der Waals surface area contributed by atoms with Crippen molar-refractivity contribution in [1.82, 2.24) is 0 Å². The van der Waals surface area contributed by atoms with Gasteiger partial charge in [-0.2, -0.15) is 4.99 Å². The summed E-state index contributed by atoms with van der Waals surface area (Å²) in [6.07, 6.45) is 0. The van der Waals surface area contributed by atoms with Crippen molar-refractivity contribution in [3.8, 4) is 0 Å². The summed E-state index contributed by atoms with van der Waals surface area (Å²) in [4.78, 5) is 20.6. The Labute approximate surface area is 149 Å². The Balaban J connectivity index is 2.14. The van der Waals surface area contributed by atoms with Gasteiger partial charge in [-0.1, -0.05) is 36.4 Å². The molecule has 0 N–H and O–H groups in total. The molecule has 0 unspecified atom stereocenters. The van der Waals surface area contributed by atoms with Gasteiger partial charge in [0.2, 0.25) is 11.9 Å². The number of guanidine groups is 1. The number of anilines is 2. The lowest BCUT2D eigenvalue weighted by Gasteiger charge is -2.27. The summed E-state index contributed by atoms with van der Waals surface area (Å²) in [5, 5.41) is 0. The minimum Gasteiger partial charge on any atom is -0.310 e. The van der Waals surface area contributed by atoms with E-state index in [2.05, 4.69) is 78.9 Å². The van der Waals surface area contributed by atoms with Gasteiger partial charge in [-0.25, -0.2) is 0 Å². The molecule has 0 aromatic heterocycles. The summed E-state index contributed by atoms with van der Waals surface area (Å²) in [6, 6.07) is 12.6. The van der Waals surface area contributed by atoms with Gasteiger partial charge in [0.05, 0.1) is 0 Å². The Bertz CT molecular complexity index is 752. The van der Waals surface area contributed by atoms with Crippen LogP contribution in [-0.2, 0) is 4.79 Å². The normalized spacial score (nSPS) is 14.2. The Kier molecular flexibility index (Phi) is 4.62. The second-order valence-corrected chi connectivity index (χ2v) is 6.71. The second-order valence-electron chi connectivity index (χ2n) is 6.71. The van der Waals surface area contributed by atoms with Crippen LogP contribution in [0.15, 0.2) is 41.4 Å². The van der Waals surface area contributed by atoms with Gasteiger partial charge in [0.25, 0.3) is 0 Å². The summed E-state index contributed by atoms with van der Waals surface area (Å²) < 4.78 is 0. The maximum absolute atomic E-state index is 11.9. The molecule has 130 valence electrons. The number of carbonyl (C=O) groups excluding carboxylic acids is 1. The molecule has 2 aromatic rings. The summed E-state index contributed by atoms with van der Waals surface area (Å²) >= 11 is 0. The number of benzene rings is 2. The highest BCUT2D eigenvalue weighted by Crippen LogP contribution is 2.33.